The van der Waals surface area contributed by atoms with Gasteiger partial charge in [-0.1, -0.05) is 0 Å². The van der Waals surface area contributed by atoms with Gasteiger partial charge in [0.1, 0.15) is 22.9 Å². The van der Waals surface area contributed by atoms with E-state index in [1.165, 1.54) is 11.8 Å². The van der Waals surface area contributed by atoms with Crippen LogP contribution in [0.5, 0.6) is 0 Å². The van der Waals surface area contributed by atoms with E-state index in [0.717, 1.165) is 15.6 Å². The van der Waals surface area contributed by atoms with Crippen molar-refractivity contribution >= 4 is 23.5 Å². The minimum absolute atomic E-state index is 0.236. The summed E-state index contributed by atoms with van der Waals surface area (Å²) in [7, 11) is 1.57. The Balaban J connectivity index is 2.98. The fraction of sp³-hybridized carbons (Fsp3) is 0.455. The van der Waals surface area contributed by atoms with Crippen LogP contribution in [0.1, 0.15) is 11.1 Å². The molecule has 4 nitrogen and oxygen atoms in total. The summed E-state index contributed by atoms with van der Waals surface area (Å²) in [4.78, 5) is 4.44. The van der Waals surface area contributed by atoms with Crippen molar-refractivity contribution in [3.05, 3.63) is 17.2 Å². The van der Waals surface area contributed by atoms with Crippen LogP contribution >= 0.6 is 23.5 Å². The van der Waals surface area contributed by atoms with E-state index in [0.29, 0.717) is 12.2 Å². The molecule has 0 aromatic carbocycles. The number of thioether (sulfide) groups is 2. The van der Waals surface area contributed by atoms with E-state index in [9.17, 15) is 0 Å². The summed E-state index contributed by atoms with van der Waals surface area (Å²) in [6, 6.07) is 3.98. The molecule has 0 aliphatic carbocycles. The maximum atomic E-state index is 9.03. The molecule has 0 unspecified atom stereocenters. The zero-order valence-electron chi connectivity index (χ0n) is 10.0. The number of aromatic nitrogens is 1. The van der Waals surface area contributed by atoms with Crippen molar-refractivity contribution in [2.24, 2.45) is 0 Å². The van der Waals surface area contributed by atoms with E-state index in [1.54, 1.807) is 18.9 Å². The molecule has 0 amide bonds. The highest BCUT2D eigenvalue weighted by atomic mass is 32.2. The van der Waals surface area contributed by atoms with Crippen LogP contribution in [0.25, 0.3) is 0 Å². The SMILES string of the molecule is COCOCc1cc(C#N)c(SC)nc1SC. The van der Waals surface area contributed by atoms with Crippen LogP contribution in [0, 0.1) is 11.3 Å². The molecule has 92 valence electrons. The third-order valence-electron chi connectivity index (χ3n) is 1.99. The molecule has 0 fully saturated rings. The highest BCUT2D eigenvalue weighted by Crippen LogP contribution is 2.26. The van der Waals surface area contributed by atoms with E-state index in [1.807, 2.05) is 18.6 Å². The second kappa shape index (κ2) is 7.56. The Hall–Kier alpha value is -0.740. The first-order valence-corrected chi connectivity index (χ1v) is 7.30. The molecule has 0 spiro atoms. The molecule has 0 radical (unpaired) electrons. The van der Waals surface area contributed by atoms with Gasteiger partial charge in [0.2, 0.25) is 0 Å². The number of pyridine rings is 1. The first-order chi connectivity index (χ1) is 8.26. The van der Waals surface area contributed by atoms with Crippen LogP contribution < -0.4 is 0 Å². The summed E-state index contributed by atoms with van der Waals surface area (Å²) in [5.41, 5.74) is 1.51. The van der Waals surface area contributed by atoms with Gasteiger partial charge in [0, 0.05) is 12.7 Å². The molecular weight excluding hydrogens is 256 g/mol. The summed E-state index contributed by atoms with van der Waals surface area (Å²) in [6.45, 7) is 0.639. The van der Waals surface area contributed by atoms with Crippen molar-refractivity contribution in [2.75, 3.05) is 26.4 Å². The second-order valence-electron chi connectivity index (χ2n) is 3.08. The monoisotopic (exact) mass is 270 g/mol. The van der Waals surface area contributed by atoms with Crippen molar-refractivity contribution in [3.8, 4) is 6.07 Å². The molecule has 1 heterocycles. The maximum Gasteiger partial charge on any atom is 0.146 e. The molecule has 0 saturated carbocycles. The number of nitrogens with zero attached hydrogens (tertiary/aromatic N) is 2. The maximum absolute atomic E-state index is 9.03. The number of hydrogen-bond donors (Lipinski definition) is 0. The molecule has 1 aromatic rings. The lowest BCUT2D eigenvalue weighted by Gasteiger charge is -2.10. The topological polar surface area (TPSA) is 55.1 Å². The first kappa shape index (κ1) is 14.3. The molecule has 0 atom stereocenters. The summed E-state index contributed by atoms with van der Waals surface area (Å²) in [5, 5.41) is 10.7. The standard InChI is InChI=1S/C11H14N2O2S2/c1-14-7-15-6-9-4-8(5-12)10(16-2)13-11(9)17-3/h4H,6-7H2,1-3H3. The highest BCUT2D eigenvalue weighted by molar-refractivity contribution is 7.99. The van der Waals surface area contributed by atoms with Crippen molar-refractivity contribution in [1.29, 1.82) is 5.26 Å². The largest absolute Gasteiger partial charge is 0.359 e. The smallest absolute Gasteiger partial charge is 0.146 e. The van der Waals surface area contributed by atoms with E-state index in [-0.39, 0.29) is 6.79 Å². The average Bonchev–Trinajstić information content (AvgIpc) is 2.38. The second-order valence-corrected chi connectivity index (χ2v) is 4.67. The molecule has 6 heteroatoms. The van der Waals surface area contributed by atoms with Gasteiger partial charge < -0.3 is 9.47 Å². The fourth-order valence-electron chi connectivity index (χ4n) is 1.27. The number of rotatable bonds is 6. The molecule has 17 heavy (non-hydrogen) atoms. The van der Waals surface area contributed by atoms with E-state index < -0.39 is 0 Å². The lowest BCUT2D eigenvalue weighted by atomic mass is 10.2. The zero-order valence-corrected chi connectivity index (χ0v) is 11.7. The predicted octanol–water partition coefficient (Wildman–Crippen LogP) is 2.52. The van der Waals surface area contributed by atoms with Gasteiger partial charge in [0.15, 0.2) is 0 Å². The van der Waals surface area contributed by atoms with Crippen molar-refractivity contribution < 1.29 is 9.47 Å². The van der Waals surface area contributed by atoms with Crippen molar-refractivity contribution in [1.82, 2.24) is 4.98 Å². The fourth-order valence-corrected chi connectivity index (χ4v) is 2.40. The van der Waals surface area contributed by atoms with E-state index in [4.69, 9.17) is 14.7 Å². The van der Waals surface area contributed by atoms with Crippen LogP contribution in [-0.4, -0.2) is 31.4 Å². The van der Waals surface area contributed by atoms with Gasteiger partial charge in [-0.15, -0.1) is 23.5 Å². The lowest BCUT2D eigenvalue weighted by molar-refractivity contribution is -0.0398. The number of hydrogen-bond acceptors (Lipinski definition) is 6. The zero-order chi connectivity index (χ0) is 12.7. The molecule has 1 aromatic heterocycles. The van der Waals surface area contributed by atoms with Gasteiger partial charge in [-0.3, -0.25) is 0 Å². The lowest BCUT2D eigenvalue weighted by Crippen LogP contribution is -2.01. The minimum atomic E-state index is 0.236. The first-order valence-electron chi connectivity index (χ1n) is 4.85. The molecule has 0 saturated heterocycles. The highest BCUT2D eigenvalue weighted by Gasteiger charge is 2.10. The average molecular weight is 270 g/mol. The van der Waals surface area contributed by atoms with Crippen LogP contribution in [0.4, 0.5) is 0 Å². The van der Waals surface area contributed by atoms with E-state index in [2.05, 4.69) is 11.1 Å². The Morgan fingerprint density at radius 1 is 1.35 bits per heavy atom. The van der Waals surface area contributed by atoms with E-state index >= 15 is 0 Å². The quantitative estimate of drug-likeness (QED) is 0.450. The molecule has 0 N–H and O–H groups in total. The van der Waals surface area contributed by atoms with Crippen molar-refractivity contribution in [3.63, 3.8) is 0 Å². The van der Waals surface area contributed by atoms with Crippen LogP contribution in [-0.2, 0) is 16.1 Å². The summed E-state index contributed by atoms with van der Waals surface area (Å²) < 4.78 is 10.1. The predicted molar refractivity (Wildman–Crippen MR) is 69.2 cm³/mol. The van der Waals surface area contributed by atoms with Crippen molar-refractivity contribution in [2.45, 2.75) is 16.7 Å². The molecule has 0 bridgehead atoms. The molecule has 0 aliphatic heterocycles. The van der Waals surface area contributed by atoms with Gasteiger partial charge in [-0.05, 0) is 18.6 Å². The van der Waals surface area contributed by atoms with Gasteiger partial charge >= 0.3 is 0 Å². The Morgan fingerprint density at radius 2 is 2.06 bits per heavy atom. The van der Waals surface area contributed by atoms with Crippen LogP contribution in [0.2, 0.25) is 0 Å². The Kier molecular flexibility index (Phi) is 6.37. The molecule has 1 rings (SSSR count). The summed E-state index contributed by atoms with van der Waals surface area (Å²) in [6.07, 6.45) is 3.87. The van der Waals surface area contributed by atoms with Gasteiger partial charge in [0.05, 0.1) is 12.2 Å². The number of methoxy groups -OCH3 is 1. The Bertz CT molecular complexity index is 419. The van der Waals surface area contributed by atoms with Crippen LogP contribution in [0.15, 0.2) is 16.1 Å². The van der Waals surface area contributed by atoms with Gasteiger partial charge in [-0.25, -0.2) is 4.98 Å². The normalized spacial score (nSPS) is 10.2. The van der Waals surface area contributed by atoms with Gasteiger partial charge in [-0.2, -0.15) is 5.26 Å². The summed E-state index contributed by atoms with van der Waals surface area (Å²) >= 11 is 3.02. The Labute approximate surface area is 110 Å². The van der Waals surface area contributed by atoms with Crippen LogP contribution in [0.3, 0.4) is 0 Å². The molecular formula is C11H14N2O2S2. The number of nitriles is 1. The third kappa shape index (κ3) is 3.89. The Morgan fingerprint density at radius 3 is 2.59 bits per heavy atom. The number of ether oxygens (including phenoxy) is 2. The molecule has 0 aliphatic rings. The summed E-state index contributed by atoms with van der Waals surface area (Å²) in [5.74, 6) is 0. The minimum Gasteiger partial charge on any atom is -0.359 e. The third-order valence-corrected chi connectivity index (χ3v) is 3.43. The van der Waals surface area contributed by atoms with Gasteiger partial charge in [0.25, 0.3) is 0 Å².